The Bertz CT molecular complexity index is 1050. The van der Waals surface area contributed by atoms with E-state index in [0.717, 1.165) is 23.3 Å². The molecule has 3 amide bonds. The average molecular weight is 445 g/mol. The number of amides is 3. The third-order valence-corrected chi connectivity index (χ3v) is 4.35. The molecule has 32 heavy (non-hydrogen) atoms. The van der Waals surface area contributed by atoms with Crippen molar-refractivity contribution in [1.29, 1.82) is 0 Å². The van der Waals surface area contributed by atoms with Crippen molar-refractivity contribution in [3.8, 4) is 11.5 Å². The van der Waals surface area contributed by atoms with Gasteiger partial charge < -0.3 is 19.5 Å². The van der Waals surface area contributed by atoms with Gasteiger partial charge in [-0.1, -0.05) is 6.07 Å². The summed E-state index contributed by atoms with van der Waals surface area (Å²) in [7, 11) is 1.31. The largest absolute Gasteiger partial charge is 0.493 e. The summed E-state index contributed by atoms with van der Waals surface area (Å²) in [4.78, 5) is 46.8. The molecule has 2 aromatic carbocycles. The maximum atomic E-state index is 12.4. The number of aryl methyl sites for hydroxylation is 2. The number of esters is 1. The summed E-state index contributed by atoms with van der Waals surface area (Å²) >= 11 is 0. The number of nitro benzene ring substituents is 1. The number of urea groups is 1. The molecule has 2 N–H and O–H groups in total. The van der Waals surface area contributed by atoms with Crippen molar-refractivity contribution in [1.82, 2.24) is 5.32 Å². The standard InChI is InChI=1S/C21H23N3O8/c1-5-31-18-10-16(24(28)29)15(9-17(18)30-4)20(26)32-11-19(25)23-21(27)22-14-7-6-12(2)13(3)8-14/h6-10H,5,11H2,1-4H3,(H2,22,23,25,27). The Morgan fingerprint density at radius 2 is 1.78 bits per heavy atom. The molecular weight excluding hydrogens is 422 g/mol. The first kappa shape index (κ1) is 24.1. The number of carbonyl (C=O) groups is 3. The van der Waals surface area contributed by atoms with Crippen LogP contribution in [0.2, 0.25) is 0 Å². The minimum atomic E-state index is -1.14. The number of hydrogen-bond acceptors (Lipinski definition) is 8. The normalized spacial score (nSPS) is 10.1. The number of nitrogens with one attached hydrogen (secondary N) is 2. The molecule has 0 unspecified atom stereocenters. The van der Waals surface area contributed by atoms with Gasteiger partial charge in [0.05, 0.1) is 24.7 Å². The van der Waals surface area contributed by atoms with E-state index < -0.39 is 40.7 Å². The molecule has 11 nitrogen and oxygen atoms in total. The van der Waals surface area contributed by atoms with E-state index in [4.69, 9.17) is 14.2 Å². The van der Waals surface area contributed by atoms with Crippen molar-refractivity contribution >= 4 is 29.3 Å². The first-order valence-corrected chi connectivity index (χ1v) is 9.50. The Labute approximate surface area is 183 Å². The molecule has 0 aliphatic heterocycles. The van der Waals surface area contributed by atoms with Crippen molar-refractivity contribution in [3.63, 3.8) is 0 Å². The molecule has 0 fully saturated rings. The number of methoxy groups -OCH3 is 1. The fourth-order valence-electron chi connectivity index (χ4n) is 2.64. The fourth-order valence-corrected chi connectivity index (χ4v) is 2.64. The third-order valence-electron chi connectivity index (χ3n) is 4.35. The molecule has 0 saturated carbocycles. The fraction of sp³-hybridized carbons (Fsp3) is 0.286. The van der Waals surface area contributed by atoms with E-state index >= 15 is 0 Å². The first-order chi connectivity index (χ1) is 15.2. The molecular formula is C21H23N3O8. The minimum Gasteiger partial charge on any atom is -0.493 e. The molecule has 170 valence electrons. The summed E-state index contributed by atoms with van der Waals surface area (Å²) in [5.74, 6) is -1.89. The van der Waals surface area contributed by atoms with Gasteiger partial charge in [-0.15, -0.1) is 0 Å². The second kappa shape index (κ2) is 10.8. The van der Waals surface area contributed by atoms with E-state index in [1.54, 1.807) is 19.1 Å². The third kappa shape index (κ3) is 6.17. The van der Waals surface area contributed by atoms with Crippen LogP contribution in [0.15, 0.2) is 30.3 Å². The summed E-state index contributed by atoms with van der Waals surface area (Å²) in [6.45, 7) is 4.87. The van der Waals surface area contributed by atoms with E-state index in [1.165, 1.54) is 7.11 Å². The molecule has 0 spiro atoms. The lowest BCUT2D eigenvalue weighted by molar-refractivity contribution is -0.385. The molecule has 0 aliphatic rings. The van der Waals surface area contributed by atoms with Crippen LogP contribution in [0.3, 0.4) is 0 Å². The molecule has 2 rings (SSSR count). The molecule has 0 saturated heterocycles. The number of carbonyl (C=O) groups excluding carboxylic acids is 3. The van der Waals surface area contributed by atoms with Crippen LogP contribution in [0.5, 0.6) is 11.5 Å². The molecule has 11 heteroatoms. The zero-order valence-electron chi connectivity index (χ0n) is 18.0. The number of ether oxygens (including phenoxy) is 3. The Balaban J connectivity index is 2.03. The average Bonchev–Trinajstić information content (AvgIpc) is 2.74. The van der Waals surface area contributed by atoms with Crippen LogP contribution < -0.4 is 20.1 Å². The van der Waals surface area contributed by atoms with E-state index in [9.17, 15) is 24.5 Å². The Morgan fingerprint density at radius 1 is 1.06 bits per heavy atom. The van der Waals surface area contributed by atoms with Crippen molar-refractivity contribution in [2.75, 3.05) is 25.6 Å². The lowest BCUT2D eigenvalue weighted by Crippen LogP contribution is -2.37. The maximum Gasteiger partial charge on any atom is 0.345 e. The van der Waals surface area contributed by atoms with Crippen LogP contribution in [-0.4, -0.2) is 43.2 Å². The number of nitrogens with zero attached hydrogens (tertiary/aromatic N) is 1. The summed E-state index contributed by atoms with van der Waals surface area (Å²) in [5, 5.41) is 15.9. The van der Waals surface area contributed by atoms with Gasteiger partial charge in [0.25, 0.3) is 11.6 Å². The van der Waals surface area contributed by atoms with Gasteiger partial charge in [0.2, 0.25) is 0 Å². The summed E-state index contributed by atoms with van der Waals surface area (Å²) < 4.78 is 15.2. The predicted octanol–water partition coefficient (Wildman–Crippen LogP) is 3.12. The van der Waals surface area contributed by atoms with E-state index in [-0.39, 0.29) is 18.1 Å². The van der Waals surface area contributed by atoms with Crippen LogP contribution in [-0.2, 0) is 9.53 Å². The lowest BCUT2D eigenvalue weighted by Gasteiger charge is -2.12. The number of nitro groups is 1. The lowest BCUT2D eigenvalue weighted by atomic mass is 10.1. The highest BCUT2D eigenvalue weighted by atomic mass is 16.6. The number of benzene rings is 2. The quantitative estimate of drug-likeness (QED) is 0.358. The number of anilines is 1. The number of hydrogen-bond donors (Lipinski definition) is 2. The van der Waals surface area contributed by atoms with E-state index in [2.05, 4.69) is 5.32 Å². The zero-order chi connectivity index (χ0) is 23.8. The summed E-state index contributed by atoms with van der Waals surface area (Å²) in [5.41, 5.74) is 1.47. The van der Waals surface area contributed by atoms with Crippen LogP contribution in [0.4, 0.5) is 16.2 Å². The second-order valence-corrected chi connectivity index (χ2v) is 6.59. The highest BCUT2D eigenvalue weighted by Gasteiger charge is 2.26. The maximum absolute atomic E-state index is 12.4. The van der Waals surface area contributed by atoms with Gasteiger partial charge in [0, 0.05) is 11.8 Å². The van der Waals surface area contributed by atoms with Gasteiger partial charge in [-0.2, -0.15) is 0 Å². The van der Waals surface area contributed by atoms with Crippen LogP contribution >= 0.6 is 0 Å². The van der Waals surface area contributed by atoms with Gasteiger partial charge in [0.15, 0.2) is 18.1 Å². The smallest absolute Gasteiger partial charge is 0.345 e. The summed E-state index contributed by atoms with van der Waals surface area (Å²) in [6.07, 6.45) is 0. The Kier molecular flexibility index (Phi) is 8.11. The van der Waals surface area contributed by atoms with Crippen LogP contribution in [0.25, 0.3) is 0 Å². The second-order valence-electron chi connectivity index (χ2n) is 6.59. The van der Waals surface area contributed by atoms with Crippen LogP contribution in [0.1, 0.15) is 28.4 Å². The van der Waals surface area contributed by atoms with Gasteiger partial charge in [-0.05, 0) is 44.0 Å². The topological polar surface area (TPSA) is 146 Å². The minimum absolute atomic E-state index is 0.0824. The molecule has 0 radical (unpaired) electrons. The zero-order valence-corrected chi connectivity index (χ0v) is 18.0. The molecule has 2 aromatic rings. The van der Waals surface area contributed by atoms with Gasteiger partial charge in [-0.3, -0.25) is 20.2 Å². The Morgan fingerprint density at radius 3 is 2.38 bits per heavy atom. The van der Waals surface area contributed by atoms with E-state index in [1.807, 2.05) is 25.2 Å². The molecule has 0 heterocycles. The van der Waals surface area contributed by atoms with Gasteiger partial charge in [-0.25, -0.2) is 9.59 Å². The van der Waals surface area contributed by atoms with Gasteiger partial charge in [0.1, 0.15) is 5.56 Å². The van der Waals surface area contributed by atoms with Crippen molar-refractivity contribution in [3.05, 3.63) is 57.1 Å². The monoisotopic (exact) mass is 445 g/mol. The van der Waals surface area contributed by atoms with E-state index in [0.29, 0.717) is 5.69 Å². The van der Waals surface area contributed by atoms with Crippen LogP contribution in [0, 0.1) is 24.0 Å². The number of rotatable bonds is 8. The van der Waals surface area contributed by atoms with Crippen molar-refractivity contribution in [2.45, 2.75) is 20.8 Å². The first-order valence-electron chi connectivity index (χ1n) is 9.50. The van der Waals surface area contributed by atoms with Crippen molar-refractivity contribution < 1.29 is 33.5 Å². The molecule has 0 atom stereocenters. The predicted molar refractivity (Wildman–Crippen MR) is 114 cm³/mol. The Hall–Kier alpha value is -4.15. The highest BCUT2D eigenvalue weighted by Crippen LogP contribution is 2.35. The van der Waals surface area contributed by atoms with Gasteiger partial charge >= 0.3 is 12.0 Å². The highest BCUT2D eigenvalue weighted by molar-refractivity contribution is 6.02. The molecule has 0 aromatic heterocycles. The van der Waals surface area contributed by atoms with Crippen molar-refractivity contribution in [2.24, 2.45) is 0 Å². The molecule has 0 aliphatic carbocycles. The summed E-state index contributed by atoms with van der Waals surface area (Å²) in [6, 6.07) is 6.53. The number of imide groups is 1. The molecule has 0 bridgehead atoms. The SMILES string of the molecule is CCOc1cc([N+](=O)[O-])c(C(=O)OCC(=O)NC(=O)Nc2ccc(C)c(C)c2)cc1OC.